The smallest absolute Gasteiger partial charge is 0.326 e. The number of amides is 2. The molecule has 1 unspecified atom stereocenters. The van der Waals surface area contributed by atoms with E-state index in [1.165, 1.54) is 0 Å². The molecule has 0 aromatic rings. The molecule has 3 N–H and O–H groups in total. The van der Waals surface area contributed by atoms with Crippen LogP contribution in [-0.2, 0) is 4.79 Å². The van der Waals surface area contributed by atoms with Crippen LogP contribution in [0, 0.1) is 5.92 Å². The maximum Gasteiger partial charge on any atom is 0.326 e. The first-order valence-corrected chi connectivity index (χ1v) is 5.68. The van der Waals surface area contributed by atoms with Crippen LogP contribution in [-0.4, -0.2) is 54.7 Å². The lowest BCUT2D eigenvalue weighted by Gasteiger charge is -2.22. The number of urea groups is 1. The average Bonchev–Trinajstić information content (AvgIpc) is 2.11. The van der Waals surface area contributed by atoms with E-state index in [1.54, 1.807) is 13.8 Å². The maximum atomic E-state index is 11.6. The van der Waals surface area contributed by atoms with Gasteiger partial charge in [0, 0.05) is 12.6 Å². The van der Waals surface area contributed by atoms with Gasteiger partial charge in [-0.15, -0.1) is 0 Å². The van der Waals surface area contributed by atoms with Crippen LogP contribution in [0.25, 0.3) is 0 Å². The van der Waals surface area contributed by atoms with Crippen molar-refractivity contribution in [2.75, 3.05) is 20.6 Å². The van der Waals surface area contributed by atoms with Crippen molar-refractivity contribution in [2.24, 2.45) is 5.92 Å². The number of hydrogen-bond donors (Lipinski definition) is 3. The summed E-state index contributed by atoms with van der Waals surface area (Å²) in [6.07, 6.45) is 0. The van der Waals surface area contributed by atoms with Crippen LogP contribution < -0.4 is 10.6 Å². The number of nitrogens with one attached hydrogen (secondary N) is 2. The van der Waals surface area contributed by atoms with Gasteiger partial charge in [0.25, 0.3) is 0 Å². The Morgan fingerprint density at radius 2 is 1.71 bits per heavy atom. The van der Waals surface area contributed by atoms with E-state index in [2.05, 4.69) is 10.6 Å². The van der Waals surface area contributed by atoms with Crippen LogP contribution in [0.5, 0.6) is 0 Å². The lowest BCUT2D eigenvalue weighted by Crippen LogP contribution is -2.51. The van der Waals surface area contributed by atoms with Crippen molar-refractivity contribution in [2.45, 2.75) is 32.9 Å². The molecule has 100 valence electrons. The molecule has 0 fully saturated rings. The summed E-state index contributed by atoms with van der Waals surface area (Å²) >= 11 is 0. The quantitative estimate of drug-likeness (QED) is 0.630. The third kappa shape index (κ3) is 6.78. The van der Waals surface area contributed by atoms with Gasteiger partial charge in [-0.25, -0.2) is 9.59 Å². The third-order valence-electron chi connectivity index (χ3n) is 2.24. The van der Waals surface area contributed by atoms with E-state index in [4.69, 9.17) is 5.11 Å². The Morgan fingerprint density at radius 3 is 2.06 bits per heavy atom. The Labute approximate surface area is 102 Å². The fourth-order valence-electron chi connectivity index (χ4n) is 1.51. The van der Waals surface area contributed by atoms with Crippen molar-refractivity contribution >= 4 is 12.0 Å². The Balaban J connectivity index is 4.19. The number of carbonyl (C=O) groups excluding carboxylic acids is 1. The first-order chi connectivity index (χ1) is 7.73. The van der Waals surface area contributed by atoms with E-state index in [1.807, 2.05) is 25.9 Å². The normalized spacial score (nSPS) is 14.5. The highest BCUT2D eigenvalue weighted by Crippen LogP contribution is 2.01. The SMILES string of the molecule is CC(CN(C)C)NC(=O)N[C@@H](C(=O)O)C(C)C. The molecule has 0 aliphatic rings. The van der Waals surface area contributed by atoms with Gasteiger partial charge in [-0.1, -0.05) is 13.8 Å². The van der Waals surface area contributed by atoms with Gasteiger partial charge in [0.2, 0.25) is 0 Å². The average molecular weight is 245 g/mol. The summed E-state index contributed by atoms with van der Waals surface area (Å²) in [6.45, 7) is 6.07. The highest BCUT2D eigenvalue weighted by molar-refractivity contribution is 5.82. The van der Waals surface area contributed by atoms with E-state index in [9.17, 15) is 9.59 Å². The summed E-state index contributed by atoms with van der Waals surface area (Å²) in [5.41, 5.74) is 0. The van der Waals surface area contributed by atoms with Gasteiger partial charge < -0.3 is 20.6 Å². The Kier molecular flexibility index (Phi) is 6.57. The Morgan fingerprint density at radius 1 is 1.18 bits per heavy atom. The molecule has 0 saturated heterocycles. The van der Waals surface area contributed by atoms with Crippen LogP contribution in [0.1, 0.15) is 20.8 Å². The van der Waals surface area contributed by atoms with Crippen LogP contribution >= 0.6 is 0 Å². The van der Waals surface area contributed by atoms with E-state index >= 15 is 0 Å². The summed E-state index contributed by atoms with van der Waals surface area (Å²) in [4.78, 5) is 24.4. The van der Waals surface area contributed by atoms with Gasteiger partial charge in [0.1, 0.15) is 6.04 Å². The van der Waals surface area contributed by atoms with Gasteiger partial charge in [-0.3, -0.25) is 0 Å². The predicted molar refractivity (Wildman–Crippen MR) is 65.9 cm³/mol. The van der Waals surface area contributed by atoms with E-state index < -0.39 is 18.0 Å². The standard InChI is InChI=1S/C11H23N3O3/c1-7(2)9(10(15)16)13-11(17)12-8(3)6-14(4)5/h7-9H,6H2,1-5H3,(H,15,16)(H2,12,13,17)/t8?,9-/m1/s1. The number of carbonyl (C=O) groups is 2. The maximum absolute atomic E-state index is 11.6. The molecule has 17 heavy (non-hydrogen) atoms. The number of likely N-dealkylation sites (N-methyl/N-ethyl adjacent to an activating group) is 1. The van der Waals surface area contributed by atoms with Crippen LogP contribution in [0.4, 0.5) is 4.79 Å². The molecule has 0 aliphatic heterocycles. The summed E-state index contributed by atoms with van der Waals surface area (Å²) in [5.74, 6) is -1.17. The van der Waals surface area contributed by atoms with Crippen molar-refractivity contribution in [3.63, 3.8) is 0 Å². The van der Waals surface area contributed by atoms with E-state index in [0.717, 1.165) is 0 Å². The van der Waals surface area contributed by atoms with Crippen LogP contribution in [0.15, 0.2) is 0 Å². The minimum Gasteiger partial charge on any atom is -0.480 e. The number of carboxylic acids is 1. The van der Waals surface area contributed by atoms with Gasteiger partial charge in [-0.2, -0.15) is 0 Å². The molecule has 6 heteroatoms. The molecule has 0 bridgehead atoms. The predicted octanol–water partition coefficient (Wildman–Crippen LogP) is 0.345. The van der Waals surface area contributed by atoms with Crippen LogP contribution in [0.2, 0.25) is 0 Å². The number of hydrogen-bond acceptors (Lipinski definition) is 3. The topological polar surface area (TPSA) is 81.7 Å². The molecule has 0 radical (unpaired) electrons. The van der Waals surface area contributed by atoms with Gasteiger partial charge in [0.05, 0.1) is 0 Å². The first kappa shape index (κ1) is 15.7. The third-order valence-corrected chi connectivity index (χ3v) is 2.24. The second-order valence-corrected chi connectivity index (χ2v) is 4.84. The fourth-order valence-corrected chi connectivity index (χ4v) is 1.51. The number of aliphatic carboxylic acids is 1. The minimum absolute atomic E-state index is 0.0355. The molecule has 0 aliphatic carbocycles. The molecule has 2 amide bonds. The molecule has 6 nitrogen and oxygen atoms in total. The molecule has 0 spiro atoms. The van der Waals surface area contributed by atoms with Crippen molar-refractivity contribution in [1.29, 1.82) is 0 Å². The Hall–Kier alpha value is -1.30. The number of nitrogens with zero attached hydrogens (tertiary/aromatic N) is 1. The zero-order valence-corrected chi connectivity index (χ0v) is 11.2. The molecular formula is C11H23N3O3. The number of rotatable bonds is 6. The van der Waals surface area contributed by atoms with Crippen molar-refractivity contribution in [3.8, 4) is 0 Å². The van der Waals surface area contributed by atoms with Crippen LogP contribution in [0.3, 0.4) is 0 Å². The molecule has 0 saturated carbocycles. The molecule has 0 rings (SSSR count). The van der Waals surface area contributed by atoms with Crippen molar-refractivity contribution in [1.82, 2.24) is 15.5 Å². The summed E-state index contributed by atoms with van der Waals surface area (Å²) in [7, 11) is 3.81. The molecule has 0 aromatic heterocycles. The first-order valence-electron chi connectivity index (χ1n) is 5.68. The summed E-state index contributed by atoms with van der Waals surface area (Å²) < 4.78 is 0. The van der Waals surface area contributed by atoms with Gasteiger partial charge in [0.15, 0.2) is 0 Å². The highest BCUT2D eigenvalue weighted by atomic mass is 16.4. The summed E-state index contributed by atoms with van der Waals surface area (Å²) in [5, 5.41) is 14.1. The van der Waals surface area contributed by atoms with Crippen molar-refractivity contribution in [3.05, 3.63) is 0 Å². The second-order valence-electron chi connectivity index (χ2n) is 4.84. The fraction of sp³-hybridized carbons (Fsp3) is 0.818. The largest absolute Gasteiger partial charge is 0.480 e. The minimum atomic E-state index is -1.02. The molecule has 0 heterocycles. The molecule has 2 atom stereocenters. The van der Waals surface area contributed by atoms with E-state index in [0.29, 0.717) is 6.54 Å². The number of carboxylic acid groups (broad SMARTS) is 1. The second kappa shape index (κ2) is 7.11. The lowest BCUT2D eigenvalue weighted by atomic mass is 10.1. The highest BCUT2D eigenvalue weighted by Gasteiger charge is 2.23. The Bertz CT molecular complexity index is 267. The lowest BCUT2D eigenvalue weighted by molar-refractivity contribution is -0.140. The van der Waals surface area contributed by atoms with E-state index in [-0.39, 0.29) is 12.0 Å². The molecule has 0 aromatic carbocycles. The van der Waals surface area contributed by atoms with Gasteiger partial charge in [-0.05, 0) is 26.9 Å². The van der Waals surface area contributed by atoms with Gasteiger partial charge >= 0.3 is 12.0 Å². The zero-order valence-electron chi connectivity index (χ0n) is 11.2. The zero-order chi connectivity index (χ0) is 13.6. The molecular weight excluding hydrogens is 222 g/mol. The summed E-state index contributed by atoms with van der Waals surface area (Å²) in [6, 6.07) is -1.34. The monoisotopic (exact) mass is 245 g/mol. The van der Waals surface area contributed by atoms with Crippen molar-refractivity contribution < 1.29 is 14.7 Å².